The molecule has 2 N–H and O–H groups in total. The van der Waals surface area contributed by atoms with Gasteiger partial charge in [-0.1, -0.05) is 0 Å². The van der Waals surface area contributed by atoms with Gasteiger partial charge < -0.3 is 10.6 Å². The lowest BCUT2D eigenvalue weighted by Gasteiger charge is -2.35. The molecule has 1 saturated heterocycles. The maximum absolute atomic E-state index is 11.5. The number of piperazine rings is 1. The Morgan fingerprint density at radius 1 is 1.26 bits per heavy atom. The van der Waals surface area contributed by atoms with Crippen molar-refractivity contribution in [3.05, 3.63) is 36.0 Å². The summed E-state index contributed by atoms with van der Waals surface area (Å²) in [6, 6.07) is 3.46. The third kappa shape index (κ3) is 3.31. The zero-order valence-corrected chi connectivity index (χ0v) is 13.2. The fourth-order valence-corrected chi connectivity index (χ4v) is 2.83. The second-order valence-electron chi connectivity index (χ2n) is 5.49. The summed E-state index contributed by atoms with van der Waals surface area (Å²) in [7, 11) is 0. The molecule has 0 radical (unpaired) electrons. The number of aryl methyl sites for hydroxylation is 1. The molecule has 0 saturated carbocycles. The van der Waals surface area contributed by atoms with Gasteiger partial charge in [-0.2, -0.15) is 5.10 Å². The van der Waals surface area contributed by atoms with Crippen molar-refractivity contribution in [1.29, 1.82) is 0 Å². The Kier molecular flexibility index (Phi) is 4.52. The van der Waals surface area contributed by atoms with Gasteiger partial charge in [-0.3, -0.25) is 9.69 Å². The van der Waals surface area contributed by atoms with Crippen molar-refractivity contribution in [2.24, 2.45) is 5.73 Å². The molecule has 1 aliphatic heterocycles. The molecule has 8 nitrogen and oxygen atoms in total. The molecule has 8 heteroatoms. The Bertz CT molecular complexity index is 676. The Labute approximate surface area is 134 Å². The number of carbonyl (C=O) groups excluding carboxylic acids is 1. The fourth-order valence-electron chi connectivity index (χ4n) is 2.83. The molecular formula is C15H21N7O. The molecular weight excluding hydrogens is 294 g/mol. The molecule has 2 aromatic heterocycles. The van der Waals surface area contributed by atoms with Crippen LogP contribution in [0.1, 0.15) is 23.1 Å². The average molecular weight is 315 g/mol. The number of primary amides is 1. The van der Waals surface area contributed by atoms with Crippen LogP contribution in [0.5, 0.6) is 0 Å². The number of carbonyl (C=O) groups is 1. The highest BCUT2D eigenvalue weighted by atomic mass is 16.1. The van der Waals surface area contributed by atoms with Crippen molar-refractivity contribution >= 4 is 11.7 Å². The molecule has 1 fully saturated rings. The van der Waals surface area contributed by atoms with E-state index in [0.717, 1.165) is 45.1 Å². The number of hydrogen-bond donors (Lipinski definition) is 1. The molecule has 1 amide bonds. The second kappa shape index (κ2) is 6.74. The largest absolute Gasteiger partial charge is 0.365 e. The van der Waals surface area contributed by atoms with Crippen LogP contribution in [0.4, 0.5) is 5.82 Å². The van der Waals surface area contributed by atoms with Gasteiger partial charge in [0.2, 0.25) is 0 Å². The molecule has 1 aliphatic rings. The van der Waals surface area contributed by atoms with Crippen molar-refractivity contribution < 1.29 is 4.79 Å². The summed E-state index contributed by atoms with van der Waals surface area (Å²) in [6.07, 6.45) is 3.29. The van der Waals surface area contributed by atoms with Gasteiger partial charge in [-0.05, 0) is 19.1 Å². The van der Waals surface area contributed by atoms with E-state index in [1.165, 1.54) is 0 Å². The molecule has 3 heterocycles. The molecule has 23 heavy (non-hydrogen) atoms. The van der Waals surface area contributed by atoms with Crippen molar-refractivity contribution in [1.82, 2.24) is 24.6 Å². The molecule has 122 valence electrons. The van der Waals surface area contributed by atoms with E-state index in [4.69, 9.17) is 5.73 Å². The minimum atomic E-state index is -0.438. The summed E-state index contributed by atoms with van der Waals surface area (Å²) in [5.74, 6) is 1.22. The van der Waals surface area contributed by atoms with Crippen molar-refractivity contribution in [2.75, 3.05) is 31.1 Å². The molecule has 0 unspecified atom stereocenters. The Balaban J connectivity index is 1.64. The number of pyridine rings is 1. The van der Waals surface area contributed by atoms with Crippen LogP contribution < -0.4 is 10.6 Å². The van der Waals surface area contributed by atoms with Gasteiger partial charge >= 0.3 is 0 Å². The molecule has 0 atom stereocenters. The van der Waals surface area contributed by atoms with Gasteiger partial charge in [-0.25, -0.2) is 14.6 Å². The number of hydrogen-bond acceptors (Lipinski definition) is 6. The van der Waals surface area contributed by atoms with Gasteiger partial charge in [0.05, 0.1) is 12.1 Å². The molecule has 3 rings (SSSR count). The normalized spacial score (nSPS) is 15.8. The predicted octanol–water partition coefficient (Wildman–Crippen LogP) is 0.114. The molecule has 0 aliphatic carbocycles. The number of rotatable bonds is 5. The number of amides is 1. The maximum atomic E-state index is 11.5. The van der Waals surface area contributed by atoms with E-state index in [2.05, 4.69) is 31.8 Å². The second-order valence-corrected chi connectivity index (χ2v) is 5.49. The highest BCUT2D eigenvalue weighted by molar-refractivity contribution is 5.97. The smallest absolute Gasteiger partial charge is 0.252 e. The van der Waals surface area contributed by atoms with Gasteiger partial charge in [0, 0.05) is 38.9 Å². The Hall–Kier alpha value is -2.48. The standard InChI is InChI=1S/C15H21N7O/c1-2-22-13(18-11-19-22)10-20-6-8-21(9-7-20)15-12(14(16)23)4-3-5-17-15/h3-5,11H,2,6-10H2,1H3,(H2,16,23). The van der Waals surface area contributed by atoms with Crippen molar-refractivity contribution in [3.8, 4) is 0 Å². The molecule has 2 aromatic rings. The van der Waals surface area contributed by atoms with E-state index in [1.54, 1.807) is 24.7 Å². The Morgan fingerprint density at radius 2 is 2.04 bits per heavy atom. The first-order valence-electron chi connectivity index (χ1n) is 7.78. The number of nitrogens with zero attached hydrogens (tertiary/aromatic N) is 6. The van der Waals surface area contributed by atoms with Crippen LogP contribution in [-0.4, -0.2) is 56.7 Å². The third-order valence-electron chi connectivity index (χ3n) is 4.08. The van der Waals surface area contributed by atoms with Gasteiger partial charge in [-0.15, -0.1) is 0 Å². The zero-order valence-electron chi connectivity index (χ0n) is 13.2. The van der Waals surface area contributed by atoms with E-state index < -0.39 is 5.91 Å². The van der Waals surface area contributed by atoms with Crippen LogP contribution in [-0.2, 0) is 13.1 Å². The monoisotopic (exact) mass is 315 g/mol. The maximum Gasteiger partial charge on any atom is 0.252 e. The highest BCUT2D eigenvalue weighted by Gasteiger charge is 2.22. The minimum Gasteiger partial charge on any atom is -0.365 e. The summed E-state index contributed by atoms with van der Waals surface area (Å²) in [6.45, 7) is 7.03. The van der Waals surface area contributed by atoms with Gasteiger partial charge in [0.25, 0.3) is 5.91 Å². The number of nitrogens with two attached hydrogens (primary N) is 1. The Morgan fingerprint density at radius 3 is 2.74 bits per heavy atom. The average Bonchev–Trinajstić information content (AvgIpc) is 3.02. The lowest BCUT2D eigenvalue weighted by Crippen LogP contribution is -2.47. The van der Waals surface area contributed by atoms with Crippen LogP contribution in [0, 0.1) is 0 Å². The summed E-state index contributed by atoms with van der Waals surface area (Å²) in [5, 5.41) is 4.20. The first-order valence-corrected chi connectivity index (χ1v) is 7.78. The van der Waals surface area contributed by atoms with E-state index in [0.29, 0.717) is 11.4 Å². The van der Waals surface area contributed by atoms with E-state index in [-0.39, 0.29) is 0 Å². The van der Waals surface area contributed by atoms with Crippen LogP contribution in [0.15, 0.2) is 24.7 Å². The fraction of sp³-hybridized carbons (Fsp3) is 0.467. The zero-order chi connectivity index (χ0) is 16.2. The summed E-state index contributed by atoms with van der Waals surface area (Å²) in [5.41, 5.74) is 5.92. The van der Waals surface area contributed by atoms with Crippen molar-refractivity contribution in [2.45, 2.75) is 20.0 Å². The summed E-state index contributed by atoms with van der Waals surface area (Å²) < 4.78 is 1.91. The SMILES string of the molecule is CCn1ncnc1CN1CCN(c2ncccc2C(N)=O)CC1. The first-order chi connectivity index (χ1) is 11.2. The third-order valence-corrected chi connectivity index (χ3v) is 4.08. The van der Waals surface area contributed by atoms with Gasteiger partial charge in [0.1, 0.15) is 18.0 Å². The highest BCUT2D eigenvalue weighted by Crippen LogP contribution is 2.19. The first kappa shape index (κ1) is 15.4. The van der Waals surface area contributed by atoms with E-state index >= 15 is 0 Å². The molecule has 0 bridgehead atoms. The quantitative estimate of drug-likeness (QED) is 0.842. The minimum absolute atomic E-state index is 0.438. The van der Waals surface area contributed by atoms with Crippen LogP contribution in [0.25, 0.3) is 0 Å². The lowest BCUT2D eigenvalue weighted by atomic mass is 10.2. The topological polar surface area (TPSA) is 93.2 Å². The van der Waals surface area contributed by atoms with Gasteiger partial charge in [0.15, 0.2) is 0 Å². The van der Waals surface area contributed by atoms with Crippen LogP contribution in [0.2, 0.25) is 0 Å². The summed E-state index contributed by atoms with van der Waals surface area (Å²) in [4.78, 5) is 24.6. The number of aromatic nitrogens is 4. The van der Waals surface area contributed by atoms with Crippen LogP contribution in [0.3, 0.4) is 0 Å². The lowest BCUT2D eigenvalue weighted by molar-refractivity contribution is 0.1000. The van der Waals surface area contributed by atoms with E-state index in [9.17, 15) is 4.79 Å². The summed E-state index contributed by atoms with van der Waals surface area (Å²) >= 11 is 0. The predicted molar refractivity (Wildman–Crippen MR) is 85.9 cm³/mol. The van der Waals surface area contributed by atoms with E-state index in [1.807, 2.05) is 4.68 Å². The molecule has 0 aromatic carbocycles. The number of anilines is 1. The van der Waals surface area contributed by atoms with Crippen molar-refractivity contribution in [3.63, 3.8) is 0 Å². The van der Waals surface area contributed by atoms with Crippen LogP contribution >= 0.6 is 0 Å². The molecule has 0 spiro atoms.